The van der Waals surface area contributed by atoms with E-state index in [9.17, 15) is 18.3 Å². The molecule has 0 fully saturated rings. The van der Waals surface area contributed by atoms with Crippen LogP contribution in [0.25, 0.3) is 0 Å². The molecule has 0 aromatic heterocycles. The predicted octanol–water partition coefficient (Wildman–Crippen LogP) is 4.30. The minimum Gasteiger partial charge on any atom is -0.508 e. The zero-order valence-electron chi connectivity index (χ0n) is 11.2. The summed E-state index contributed by atoms with van der Waals surface area (Å²) in [4.78, 5) is 0. The highest BCUT2D eigenvalue weighted by molar-refractivity contribution is 5.49. The summed E-state index contributed by atoms with van der Waals surface area (Å²) < 4.78 is 39.5. The average molecular weight is 293 g/mol. The largest absolute Gasteiger partial charge is 0.508 e. The minimum atomic E-state index is -1.46. The van der Waals surface area contributed by atoms with Crippen LogP contribution in [0.2, 0.25) is 0 Å². The number of benzene rings is 2. The third-order valence-corrected chi connectivity index (χ3v) is 3.77. The Morgan fingerprint density at radius 3 is 2.48 bits per heavy atom. The van der Waals surface area contributed by atoms with Gasteiger partial charge in [-0.05, 0) is 42.5 Å². The van der Waals surface area contributed by atoms with Gasteiger partial charge < -0.3 is 10.4 Å². The van der Waals surface area contributed by atoms with E-state index in [4.69, 9.17) is 0 Å². The van der Waals surface area contributed by atoms with Crippen molar-refractivity contribution in [1.29, 1.82) is 0 Å². The summed E-state index contributed by atoms with van der Waals surface area (Å²) in [5.74, 6) is -3.68. The van der Waals surface area contributed by atoms with Crippen molar-refractivity contribution in [2.24, 2.45) is 0 Å². The molecule has 2 nitrogen and oxygen atoms in total. The summed E-state index contributed by atoms with van der Waals surface area (Å²) in [6, 6.07) is 6.89. The second-order valence-electron chi connectivity index (χ2n) is 5.23. The van der Waals surface area contributed by atoms with E-state index in [1.54, 1.807) is 18.2 Å². The molecule has 2 N–H and O–H groups in total. The fraction of sp³-hybridized carbons (Fsp3) is 0.250. The Balaban J connectivity index is 1.90. The Labute approximate surface area is 120 Å². The first-order valence-electron chi connectivity index (χ1n) is 6.77. The zero-order valence-corrected chi connectivity index (χ0v) is 11.2. The molecule has 0 saturated heterocycles. The summed E-state index contributed by atoms with van der Waals surface area (Å²) in [6.45, 7) is 0. The standard InChI is InChI=1S/C16H14F3NO/c17-13-7-10(8-14(18)16(13)19)20-15-3-1-2-9-6-11(21)4-5-12(9)15/h4-8,15,20-21H,1-3H2. The van der Waals surface area contributed by atoms with Crippen LogP contribution in [0.1, 0.15) is 30.0 Å². The molecule has 0 saturated carbocycles. The van der Waals surface area contributed by atoms with Crippen LogP contribution in [0, 0.1) is 17.5 Å². The number of halogens is 3. The van der Waals surface area contributed by atoms with E-state index in [0.29, 0.717) is 0 Å². The van der Waals surface area contributed by atoms with Crippen molar-refractivity contribution in [2.75, 3.05) is 5.32 Å². The lowest BCUT2D eigenvalue weighted by Gasteiger charge is -2.27. The highest BCUT2D eigenvalue weighted by atomic mass is 19.2. The molecule has 1 unspecified atom stereocenters. The Bertz CT molecular complexity index is 664. The van der Waals surface area contributed by atoms with Gasteiger partial charge in [0.1, 0.15) is 5.75 Å². The van der Waals surface area contributed by atoms with Gasteiger partial charge in [0.2, 0.25) is 0 Å². The van der Waals surface area contributed by atoms with Crippen molar-refractivity contribution < 1.29 is 18.3 Å². The summed E-state index contributed by atoms with van der Waals surface area (Å²) >= 11 is 0. The van der Waals surface area contributed by atoms with Crippen LogP contribution in [0.4, 0.5) is 18.9 Å². The lowest BCUT2D eigenvalue weighted by atomic mass is 9.87. The highest BCUT2D eigenvalue weighted by Gasteiger charge is 2.21. The van der Waals surface area contributed by atoms with E-state index in [0.717, 1.165) is 42.5 Å². The molecule has 1 atom stereocenters. The molecule has 0 spiro atoms. The number of nitrogens with one attached hydrogen (secondary N) is 1. The summed E-state index contributed by atoms with van der Waals surface area (Å²) in [7, 11) is 0. The Morgan fingerprint density at radius 2 is 1.76 bits per heavy atom. The SMILES string of the molecule is Oc1ccc2c(c1)CCCC2Nc1cc(F)c(F)c(F)c1. The summed E-state index contributed by atoms with van der Waals surface area (Å²) in [6.07, 6.45) is 2.56. The number of rotatable bonds is 2. The minimum absolute atomic E-state index is 0.112. The first kappa shape index (κ1) is 13.8. The molecule has 0 heterocycles. The fourth-order valence-corrected chi connectivity index (χ4v) is 2.79. The van der Waals surface area contributed by atoms with Crippen LogP contribution in [0.15, 0.2) is 30.3 Å². The molecular weight excluding hydrogens is 279 g/mol. The first-order chi connectivity index (χ1) is 10.0. The fourth-order valence-electron chi connectivity index (χ4n) is 2.79. The lowest BCUT2D eigenvalue weighted by molar-refractivity contribution is 0.447. The molecule has 0 bridgehead atoms. The highest BCUT2D eigenvalue weighted by Crippen LogP contribution is 2.34. The Morgan fingerprint density at radius 1 is 1.05 bits per heavy atom. The molecule has 21 heavy (non-hydrogen) atoms. The molecule has 3 rings (SSSR count). The molecule has 2 aromatic carbocycles. The smallest absolute Gasteiger partial charge is 0.194 e. The number of phenolic OH excluding ortho intramolecular Hbond substituents is 1. The Hall–Kier alpha value is -2.17. The molecule has 1 aliphatic carbocycles. The maximum absolute atomic E-state index is 13.3. The number of hydrogen-bond donors (Lipinski definition) is 2. The van der Waals surface area contributed by atoms with Gasteiger partial charge in [-0.2, -0.15) is 0 Å². The molecule has 0 aliphatic heterocycles. The van der Waals surface area contributed by atoms with Gasteiger partial charge in [0, 0.05) is 17.8 Å². The van der Waals surface area contributed by atoms with Crippen molar-refractivity contribution in [3.05, 3.63) is 58.9 Å². The van der Waals surface area contributed by atoms with Gasteiger partial charge in [-0.25, -0.2) is 13.2 Å². The van der Waals surface area contributed by atoms with Crippen LogP contribution >= 0.6 is 0 Å². The first-order valence-corrected chi connectivity index (χ1v) is 6.77. The van der Waals surface area contributed by atoms with Crippen molar-refractivity contribution in [1.82, 2.24) is 0 Å². The van der Waals surface area contributed by atoms with Crippen molar-refractivity contribution in [3.8, 4) is 5.75 Å². The van der Waals surface area contributed by atoms with E-state index in [1.165, 1.54) is 0 Å². The maximum atomic E-state index is 13.3. The number of hydrogen-bond acceptors (Lipinski definition) is 2. The maximum Gasteiger partial charge on any atom is 0.194 e. The van der Waals surface area contributed by atoms with Crippen LogP contribution in [0.3, 0.4) is 0 Å². The molecular formula is C16H14F3NO. The van der Waals surface area contributed by atoms with Crippen molar-refractivity contribution in [2.45, 2.75) is 25.3 Å². The zero-order chi connectivity index (χ0) is 15.0. The summed E-state index contributed by atoms with van der Waals surface area (Å²) in [5, 5.41) is 12.5. The molecule has 110 valence electrons. The molecule has 0 radical (unpaired) electrons. The average Bonchev–Trinajstić information content (AvgIpc) is 2.44. The van der Waals surface area contributed by atoms with Gasteiger partial charge in [-0.3, -0.25) is 0 Å². The van der Waals surface area contributed by atoms with E-state index < -0.39 is 17.5 Å². The van der Waals surface area contributed by atoms with Gasteiger partial charge in [-0.15, -0.1) is 0 Å². The van der Waals surface area contributed by atoms with Crippen molar-refractivity contribution >= 4 is 5.69 Å². The van der Waals surface area contributed by atoms with Crippen LogP contribution in [-0.2, 0) is 6.42 Å². The molecule has 1 aliphatic rings. The summed E-state index contributed by atoms with van der Waals surface area (Å²) in [5.41, 5.74) is 2.21. The number of phenols is 1. The van der Waals surface area contributed by atoms with Gasteiger partial charge in [0.25, 0.3) is 0 Å². The normalized spacial score (nSPS) is 17.4. The monoisotopic (exact) mass is 293 g/mol. The van der Waals surface area contributed by atoms with Crippen LogP contribution < -0.4 is 5.32 Å². The van der Waals surface area contributed by atoms with Gasteiger partial charge in [0.05, 0.1) is 6.04 Å². The molecule has 5 heteroatoms. The topological polar surface area (TPSA) is 32.3 Å². The second kappa shape index (κ2) is 5.31. The van der Waals surface area contributed by atoms with Crippen molar-refractivity contribution in [3.63, 3.8) is 0 Å². The predicted molar refractivity (Wildman–Crippen MR) is 73.7 cm³/mol. The van der Waals surface area contributed by atoms with Gasteiger partial charge >= 0.3 is 0 Å². The van der Waals surface area contributed by atoms with E-state index in [2.05, 4.69) is 5.32 Å². The lowest BCUT2D eigenvalue weighted by Crippen LogP contribution is -2.17. The number of aryl methyl sites for hydroxylation is 1. The quantitative estimate of drug-likeness (QED) is 0.809. The van der Waals surface area contributed by atoms with Gasteiger partial charge in [-0.1, -0.05) is 6.07 Å². The molecule has 2 aromatic rings. The third-order valence-electron chi connectivity index (χ3n) is 3.77. The van der Waals surface area contributed by atoms with Crippen LogP contribution in [-0.4, -0.2) is 5.11 Å². The number of anilines is 1. The van der Waals surface area contributed by atoms with E-state index >= 15 is 0 Å². The number of fused-ring (bicyclic) bond motifs is 1. The van der Waals surface area contributed by atoms with E-state index in [-0.39, 0.29) is 17.5 Å². The molecule has 0 amide bonds. The van der Waals surface area contributed by atoms with E-state index in [1.807, 2.05) is 0 Å². The Kier molecular flexibility index (Phi) is 3.49. The second-order valence-corrected chi connectivity index (χ2v) is 5.23. The van der Waals surface area contributed by atoms with Gasteiger partial charge in [0.15, 0.2) is 17.5 Å². The number of aromatic hydroxyl groups is 1. The van der Waals surface area contributed by atoms with Crippen LogP contribution in [0.5, 0.6) is 5.75 Å². The third kappa shape index (κ3) is 2.68.